The van der Waals surface area contributed by atoms with Crippen molar-refractivity contribution >= 4 is 52.5 Å². The summed E-state index contributed by atoms with van der Waals surface area (Å²) in [6, 6.07) is 16.1. The van der Waals surface area contributed by atoms with Gasteiger partial charge >= 0.3 is 5.97 Å². The highest BCUT2D eigenvalue weighted by Crippen LogP contribution is 2.47. The molecule has 10 nitrogen and oxygen atoms in total. The first kappa shape index (κ1) is 38.7. The van der Waals surface area contributed by atoms with Crippen LogP contribution in [0.3, 0.4) is 0 Å². The molecule has 0 aliphatic carbocycles. The number of hydrogen-bond donors (Lipinski definition) is 3. The third-order valence-electron chi connectivity index (χ3n) is 10.4. The first-order chi connectivity index (χ1) is 24.7. The zero-order valence-electron chi connectivity index (χ0n) is 30.9. The third kappa shape index (κ3) is 8.26. The summed E-state index contributed by atoms with van der Waals surface area (Å²) in [4.78, 5) is 52.1. The van der Waals surface area contributed by atoms with Crippen LogP contribution in [0, 0.1) is 0 Å². The van der Waals surface area contributed by atoms with Gasteiger partial charge in [-0.2, -0.15) is 4.58 Å². The largest absolute Gasteiger partial charge is 0.480 e. The number of para-hydroxylation sites is 2. The van der Waals surface area contributed by atoms with E-state index in [0.717, 1.165) is 42.5 Å². The zero-order valence-corrected chi connectivity index (χ0v) is 31.7. The number of carboxylic acids is 1. The highest BCUT2D eigenvalue weighted by atomic mass is 32.2. The lowest BCUT2D eigenvalue weighted by Crippen LogP contribution is -2.39. The fourth-order valence-corrected chi connectivity index (χ4v) is 8.59. The molecule has 11 heteroatoms. The number of anilines is 1. The van der Waals surface area contributed by atoms with E-state index in [4.69, 9.17) is 10.8 Å². The average molecular weight is 727 g/mol. The summed E-state index contributed by atoms with van der Waals surface area (Å²) >= 11 is 1.08. The Bertz CT molecular complexity index is 1830. The number of amides is 3. The van der Waals surface area contributed by atoms with Crippen LogP contribution in [0.25, 0.3) is 0 Å². The summed E-state index contributed by atoms with van der Waals surface area (Å²) in [5, 5.41) is 11.1. The van der Waals surface area contributed by atoms with Crippen molar-refractivity contribution in [1.82, 2.24) is 10.2 Å². The first-order valence-electron chi connectivity index (χ1n) is 18.1. The molecule has 2 atom stereocenters. The number of nitrogens with zero attached hydrogens (tertiary/aromatic N) is 3. The second kappa shape index (κ2) is 16.5. The van der Waals surface area contributed by atoms with Crippen LogP contribution in [0.5, 0.6) is 0 Å². The van der Waals surface area contributed by atoms with Gasteiger partial charge in [0.05, 0.1) is 10.7 Å². The van der Waals surface area contributed by atoms with E-state index in [-0.39, 0.29) is 53.8 Å². The van der Waals surface area contributed by atoms with Crippen molar-refractivity contribution in [3.63, 3.8) is 0 Å². The molecule has 52 heavy (non-hydrogen) atoms. The van der Waals surface area contributed by atoms with E-state index in [1.807, 2.05) is 0 Å². The van der Waals surface area contributed by atoms with Gasteiger partial charge in [-0.3, -0.25) is 24.1 Å². The van der Waals surface area contributed by atoms with Crippen molar-refractivity contribution in [2.45, 2.75) is 81.9 Å². The Morgan fingerprint density at radius 1 is 0.962 bits per heavy atom. The number of aliphatic carboxylic acids is 1. The number of carbonyl (C=O) groups is 4. The van der Waals surface area contributed by atoms with Crippen molar-refractivity contribution in [2.75, 3.05) is 37.3 Å². The second-order valence-corrected chi connectivity index (χ2v) is 15.9. The molecule has 5 rings (SSSR count). The number of imide groups is 1. The summed E-state index contributed by atoms with van der Waals surface area (Å²) in [6.45, 7) is 10.2. The van der Waals surface area contributed by atoms with Gasteiger partial charge in [-0.25, -0.2) is 0 Å². The van der Waals surface area contributed by atoms with E-state index in [0.29, 0.717) is 6.42 Å². The van der Waals surface area contributed by atoms with E-state index >= 15 is 0 Å². The Morgan fingerprint density at radius 3 is 2.40 bits per heavy atom. The van der Waals surface area contributed by atoms with Gasteiger partial charge in [-0.15, -0.1) is 11.8 Å². The highest BCUT2D eigenvalue weighted by Gasteiger charge is 2.43. The Hall–Kier alpha value is -4.48. The molecule has 276 valence electrons. The van der Waals surface area contributed by atoms with Gasteiger partial charge in [0, 0.05) is 72.7 Å². The van der Waals surface area contributed by atoms with Crippen LogP contribution in [-0.4, -0.2) is 87.7 Å². The molecule has 3 heterocycles. The predicted molar refractivity (Wildman–Crippen MR) is 208 cm³/mol. The standard InChI is InChI=1S/C41H51N5O5S/c1-40(2)28-16-11-13-18-31(28)44(5)34(40)20-8-6-9-21-35-41(3,4)29-17-12-14-19-32(29)45(35)24-15-7-10-22-36(47)43-23-25-46-37(48)26-33(38(46)49)52-27-30(42)39(50)51/h6,8-9,11-14,16-21,30,33H,7,10,15,22-27,42H2,1-5H3,(H-,43,47,50,51)/p+1. The number of likely N-dealkylation sites (tertiary alicyclic amines) is 1. The van der Waals surface area contributed by atoms with Gasteiger partial charge in [-0.05, 0) is 44.4 Å². The zero-order chi connectivity index (χ0) is 37.6. The van der Waals surface area contributed by atoms with Crippen molar-refractivity contribution in [3.05, 3.63) is 95.7 Å². The molecule has 0 radical (unpaired) electrons. The molecule has 3 aliphatic heterocycles. The molecule has 4 N–H and O–H groups in total. The van der Waals surface area contributed by atoms with Gasteiger partial charge < -0.3 is 21.1 Å². The van der Waals surface area contributed by atoms with Crippen molar-refractivity contribution in [1.29, 1.82) is 0 Å². The summed E-state index contributed by atoms with van der Waals surface area (Å²) in [6.07, 6.45) is 13.7. The molecule has 0 aromatic heterocycles. The number of thioether (sulfide) groups is 1. The van der Waals surface area contributed by atoms with E-state index in [2.05, 4.69) is 128 Å². The van der Waals surface area contributed by atoms with Crippen LogP contribution in [0.15, 0.2) is 84.6 Å². The van der Waals surface area contributed by atoms with Crippen molar-refractivity contribution in [2.24, 2.45) is 5.73 Å². The number of carbonyl (C=O) groups excluding carboxylic acids is 3. The van der Waals surface area contributed by atoms with Gasteiger partial charge in [0.25, 0.3) is 0 Å². The Balaban J connectivity index is 1.10. The fraction of sp³-hybridized carbons (Fsp3) is 0.439. The van der Waals surface area contributed by atoms with Crippen LogP contribution in [0.4, 0.5) is 11.4 Å². The van der Waals surface area contributed by atoms with Crippen LogP contribution < -0.4 is 16.0 Å². The summed E-state index contributed by atoms with van der Waals surface area (Å²) in [7, 11) is 2.13. The molecule has 2 aromatic carbocycles. The fourth-order valence-electron chi connectivity index (χ4n) is 7.48. The number of unbranched alkanes of at least 4 members (excludes halogenated alkanes) is 2. The number of allylic oxidation sites excluding steroid dienone is 6. The number of nitrogens with two attached hydrogens (primary N) is 1. The molecule has 3 aliphatic rings. The molecule has 1 fully saturated rings. The smallest absolute Gasteiger partial charge is 0.321 e. The normalized spacial score (nSPS) is 20.4. The SMILES string of the molecule is C[N+]1=C(\C=C/C=C/C=C2\N(CCCCCC(=O)NCCN3C(=O)CC(SCC(N)C(=O)O)C3=O)c3ccccc3C2(C)C)C(C)(C)c2ccccc21. The van der Waals surface area contributed by atoms with Gasteiger partial charge in [0.15, 0.2) is 5.71 Å². The average Bonchev–Trinajstić information content (AvgIpc) is 3.59. The van der Waals surface area contributed by atoms with Crippen LogP contribution in [0.1, 0.15) is 70.9 Å². The van der Waals surface area contributed by atoms with E-state index < -0.39 is 17.3 Å². The Kier molecular flexibility index (Phi) is 12.3. The minimum atomic E-state index is -1.15. The summed E-state index contributed by atoms with van der Waals surface area (Å²) in [5.74, 6) is -1.89. The summed E-state index contributed by atoms with van der Waals surface area (Å²) in [5.41, 5.74) is 12.9. The molecule has 0 bridgehead atoms. The summed E-state index contributed by atoms with van der Waals surface area (Å²) < 4.78 is 2.28. The number of benzene rings is 2. The monoisotopic (exact) mass is 726 g/mol. The Labute approximate surface area is 311 Å². The topological polar surface area (TPSA) is 136 Å². The Morgan fingerprint density at radius 2 is 1.67 bits per heavy atom. The minimum absolute atomic E-state index is 0.0121. The quantitative estimate of drug-likeness (QED) is 0.0902. The number of rotatable bonds is 16. The van der Waals surface area contributed by atoms with Crippen LogP contribution >= 0.6 is 11.8 Å². The maximum atomic E-state index is 12.6. The molecule has 0 saturated carbocycles. The number of carboxylic acid groups (broad SMARTS) is 1. The lowest BCUT2D eigenvalue weighted by atomic mass is 9.81. The van der Waals surface area contributed by atoms with E-state index in [1.54, 1.807) is 0 Å². The van der Waals surface area contributed by atoms with E-state index in [1.165, 1.54) is 33.9 Å². The molecule has 2 unspecified atom stereocenters. The van der Waals surface area contributed by atoms with Gasteiger partial charge in [-0.1, -0.05) is 74.9 Å². The van der Waals surface area contributed by atoms with Crippen LogP contribution in [-0.2, 0) is 30.0 Å². The van der Waals surface area contributed by atoms with E-state index in [9.17, 15) is 19.2 Å². The van der Waals surface area contributed by atoms with Gasteiger partial charge in [0.2, 0.25) is 23.4 Å². The predicted octanol–water partition coefficient (Wildman–Crippen LogP) is 5.44. The lowest BCUT2D eigenvalue weighted by molar-refractivity contribution is -0.401. The molecular weight excluding hydrogens is 675 g/mol. The maximum absolute atomic E-state index is 12.6. The van der Waals surface area contributed by atoms with Crippen molar-refractivity contribution < 1.29 is 28.9 Å². The number of fused-ring (bicyclic) bond motifs is 2. The highest BCUT2D eigenvalue weighted by molar-refractivity contribution is 8.00. The molecule has 2 aromatic rings. The van der Waals surface area contributed by atoms with Crippen LogP contribution in [0.2, 0.25) is 0 Å². The maximum Gasteiger partial charge on any atom is 0.321 e. The minimum Gasteiger partial charge on any atom is -0.480 e. The lowest BCUT2D eigenvalue weighted by Gasteiger charge is -2.27. The second-order valence-electron chi connectivity index (χ2n) is 14.7. The first-order valence-corrected chi connectivity index (χ1v) is 19.1. The molecule has 0 spiro atoms. The molecule has 1 saturated heterocycles. The third-order valence-corrected chi connectivity index (χ3v) is 11.7. The van der Waals surface area contributed by atoms with Crippen molar-refractivity contribution in [3.8, 4) is 0 Å². The number of hydrogen-bond acceptors (Lipinski definition) is 7. The van der Waals surface area contributed by atoms with Gasteiger partial charge in [0.1, 0.15) is 13.1 Å². The number of nitrogens with one attached hydrogen (secondary N) is 1. The molecule has 3 amide bonds. The molecular formula is C41H52N5O5S+.